The van der Waals surface area contributed by atoms with Crippen molar-refractivity contribution in [3.8, 4) is 5.75 Å². The summed E-state index contributed by atoms with van der Waals surface area (Å²) in [6.45, 7) is 6.38. The Morgan fingerprint density at radius 1 is 1.35 bits per heavy atom. The third-order valence-corrected chi connectivity index (χ3v) is 2.86. The fourth-order valence-corrected chi connectivity index (χ4v) is 1.75. The van der Waals surface area contributed by atoms with Crippen molar-refractivity contribution >= 4 is 5.57 Å². The molecule has 0 saturated heterocycles. The van der Waals surface area contributed by atoms with Crippen molar-refractivity contribution in [1.82, 2.24) is 0 Å². The summed E-state index contributed by atoms with van der Waals surface area (Å²) in [5, 5.41) is 18.8. The van der Waals surface area contributed by atoms with Gasteiger partial charge in [0.1, 0.15) is 5.75 Å². The molecule has 0 aliphatic carbocycles. The van der Waals surface area contributed by atoms with Crippen LogP contribution in [0.5, 0.6) is 5.75 Å². The van der Waals surface area contributed by atoms with Crippen molar-refractivity contribution in [3.63, 3.8) is 0 Å². The van der Waals surface area contributed by atoms with Crippen LogP contribution in [-0.2, 0) is 6.61 Å². The monoisotopic (exact) mass is 234 g/mol. The molecule has 17 heavy (non-hydrogen) atoms. The van der Waals surface area contributed by atoms with Gasteiger partial charge in [0.05, 0.1) is 6.61 Å². The Bertz CT molecular complexity index is 392. The van der Waals surface area contributed by atoms with Crippen molar-refractivity contribution in [2.45, 2.75) is 40.2 Å². The van der Waals surface area contributed by atoms with Gasteiger partial charge in [-0.1, -0.05) is 32.1 Å². The number of hydrogen-bond acceptors (Lipinski definition) is 2. The third kappa shape index (κ3) is 4.23. The second-order valence-electron chi connectivity index (χ2n) is 4.87. The summed E-state index contributed by atoms with van der Waals surface area (Å²) in [5.41, 5.74) is 2.68. The zero-order chi connectivity index (χ0) is 12.8. The molecule has 0 aromatic heterocycles. The van der Waals surface area contributed by atoms with Crippen molar-refractivity contribution in [1.29, 1.82) is 0 Å². The van der Waals surface area contributed by atoms with Crippen LogP contribution in [0.3, 0.4) is 0 Å². The number of allylic oxidation sites excluding steroid dienone is 2. The highest BCUT2D eigenvalue weighted by atomic mass is 16.3. The van der Waals surface area contributed by atoms with Gasteiger partial charge < -0.3 is 10.2 Å². The molecule has 0 spiro atoms. The van der Waals surface area contributed by atoms with Crippen LogP contribution in [0, 0.1) is 5.92 Å². The molecule has 0 saturated carbocycles. The molecule has 94 valence electrons. The van der Waals surface area contributed by atoms with E-state index in [0.717, 1.165) is 29.5 Å². The summed E-state index contributed by atoms with van der Waals surface area (Å²) in [5.74, 6) is 0.944. The Morgan fingerprint density at radius 3 is 2.59 bits per heavy atom. The molecule has 0 radical (unpaired) electrons. The van der Waals surface area contributed by atoms with Crippen molar-refractivity contribution < 1.29 is 10.2 Å². The van der Waals surface area contributed by atoms with Gasteiger partial charge in [-0.15, -0.1) is 0 Å². The van der Waals surface area contributed by atoms with E-state index in [0.29, 0.717) is 5.92 Å². The number of benzene rings is 1. The lowest BCUT2D eigenvalue weighted by molar-refractivity contribution is 0.281. The third-order valence-electron chi connectivity index (χ3n) is 2.86. The normalized spacial score (nSPS) is 12.2. The van der Waals surface area contributed by atoms with E-state index < -0.39 is 0 Å². The van der Waals surface area contributed by atoms with Gasteiger partial charge in [-0.2, -0.15) is 0 Å². The Morgan fingerprint density at radius 2 is 2.06 bits per heavy atom. The summed E-state index contributed by atoms with van der Waals surface area (Å²) in [7, 11) is 0. The first-order valence-electron chi connectivity index (χ1n) is 6.14. The zero-order valence-electron chi connectivity index (χ0n) is 10.9. The number of aliphatic hydroxyl groups is 1. The highest BCUT2D eigenvalue weighted by Gasteiger charge is 2.04. The molecule has 1 aromatic rings. The number of phenolic OH excluding ortho intramolecular Hbond substituents is 1. The fraction of sp³-hybridized carbons (Fsp3) is 0.467. The molecule has 2 heteroatoms. The average molecular weight is 234 g/mol. The molecule has 1 rings (SSSR count). The second-order valence-corrected chi connectivity index (χ2v) is 4.87. The first-order chi connectivity index (χ1) is 8.04. The molecule has 0 bridgehead atoms. The summed E-state index contributed by atoms with van der Waals surface area (Å²) in [6, 6.07) is 5.33. The smallest absolute Gasteiger partial charge is 0.123 e. The van der Waals surface area contributed by atoms with Crippen LogP contribution in [0.4, 0.5) is 0 Å². The van der Waals surface area contributed by atoms with E-state index in [2.05, 4.69) is 19.9 Å². The van der Waals surface area contributed by atoms with Gasteiger partial charge in [-0.05, 0) is 42.9 Å². The molecule has 2 N–H and O–H groups in total. The number of aliphatic hydroxyl groups excluding tert-OH is 1. The van der Waals surface area contributed by atoms with Crippen LogP contribution in [-0.4, -0.2) is 10.2 Å². The van der Waals surface area contributed by atoms with Crippen LogP contribution >= 0.6 is 0 Å². The largest absolute Gasteiger partial charge is 0.507 e. The lowest BCUT2D eigenvalue weighted by Crippen LogP contribution is -1.88. The topological polar surface area (TPSA) is 40.5 Å². The summed E-state index contributed by atoms with van der Waals surface area (Å²) in [6.07, 6.45) is 4.35. The van der Waals surface area contributed by atoms with Gasteiger partial charge >= 0.3 is 0 Å². The number of phenols is 1. The number of hydrogen-bond donors (Lipinski definition) is 2. The van der Waals surface area contributed by atoms with E-state index in [-0.39, 0.29) is 12.4 Å². The molecular weight excluding hydrogens is 212 g/mol. The van der Waals surface area contributed by atoms with Gasteiger partial charge in [0.2, 0.25) is 0 Å². The molecular formula is C15H22O2. The van der Waals surface area contributed by atoms with E-state index in [1.54, 1.807) is 6.07 Å². The van der Waals surface area contributed by atoms with Crippen LogP contribution in [0.25, 0.3) is 5.57 Å². The van der Waals surface area contributed by atoms with E-state index in [1.807, 2.05) is 19.1 Å². The fourth-order valence-electron chi connectivity index (χ4n) is 1.75. The minimum absolute atomic E-state index is 0.0377. The summed E-state index contributed by atoms with van der Waals surface area (Å²) in [4.78, 5) is 0. The standard InChI is InChI=1S/C15H22O2/c1-11(2)5-4-6-12(3)14-8-7-13(10-16)9-15(14)17/h6-9,11,16-17H,4-5,10H2,1-3H3. The number of rotatable bonds is 5. The molecule has 0 unspecified atom stereocenters. The quantitative estimate of drug-likeness (QED) is 0.815. The van der Waals surface area contributed by atoms with Crippen molar-refractivity contribution in [2.75, 3.05) is 0 Å². The second kappa shape index (κ2) is 6.45. The van der Waals surface area contributed by atoms with Gasteiger partial charge in [0.15, 0.2) is 0 Å². The molecule has 0 aliphatic rings. The highest BCUT2D eigenvalue weighted by Crippen LogP contribution is 2.26. The van der Waals surface area contributed by atoms with Crippen LogP contribution in [0.1, 0.15) is 44.7 Å². The molecule has 0 fully saturated rings. The molecule has 1 aromatic carbocycles. The average Bonchev–Trinajstić information content (AvgIpc) is 2.28. The van der Waals surface area contributed by atoms with Gasteiger partial charge in [0, 0.05) is 5.56 Å². The van der Waals surface area contributed by atoms with Gasteiger partial charge in [-0.25, -0.2) is 0 Å². The maximum Gasteiger partial charge on any atom is 0.123 e. The molecule has 0 heterocycles. The predicted molar refractivity (Wildman–Crippen MR) is 71.8 cm³/mol. The highest BCUT2D eigenvalue weighted by molar-refractivity contribution is 5.69. The minimum Gasteiger partial charge on any atom is -0.507 e. The summed E-state index contributed by atoms with van der Waals surface area (Å²) >= 11 is 0. The SMILES string of the molecule is CC(=CCCC(C)C)c1ccc(CO)cc1O. The minimum atomic E-state index is -0.0377. The first-order valence-corrected chi connectivity index (χ1v) is 6.14. The number of aromatic hydroxyl groups is 1. The van der Waals surface area contributed by atoms with Crippen LogP contribution < -0.4 is 0 Å². The maximum absolute atomic E-state index is 9.85. The zero-order valence-corrected chi connectivity index (χ0v) is 10.9. The van der Waals surface area contributed by atoms with Gasteiger partial charge in [0.25, 0.3) is 0 Å². The van der Waals surface area contributed by atoms with E-state index in [4.69, 9.17) is 5.11 Å². The predicted octanol–water partition coefficient (Wildman–Crippen LogP) is 3.72. The Labute approximate surface area is 104 Å². The Kier molecular flexibility index (Phi) is 5.23. The summed E-state index contributed by atoms with van der Waals surface area (Å²) < 4.78 is 0. The van der Waals surface area contributed by atoms with Gasteiger partial charge in [-0.3, -0.25) is 0 Å². The van der Waals surface area contributed by atoms with E-state index in [1.165, 1.54) is 0 Å². The first kappa shape index (κ1) is 13.8. The Balaban J connectivity index is 2.78. The lowest BCUT2D eigenvalue weighted by Gasteiger charge is -2.07. The maximum atomic E-state index is 9.85. The van der Waals surface area contributed by atoms with Crippen LogP contribution in [0.2, 0.25) is 0 Å². The molecule has 0 amide bonds. The Hall–Kier alpha value is -1.28. The van der Waals surface area contributed by atoms with E-state index in [9.17, 15) is 5.11 Å². The van der Waals surface area contributed by atoms with Crippen molar-refractivity contribution in [2.24, 2.45) is 5.92 Å². The van der Waals surface area contributed by atoms with Crippen molar-refractivity contribution in [3.05, 3.63) is 35.4 Å². The van der Waals surface area contributed by atoms with Crippen LogP contribution in [0.15, 0.2) is 24.3 Å². The molecule has 0 aliphatic heterocycles. The lowest BCUT2D eigenvalue weighted by atomic mass is 10.0. The van der Waals surface area contributed by atoms with E-state index >= 15 is 0 Å². The molecule has 2 nitrogen and oxygen atoms in total. The molecule has 0 atom stereocenters.